The van der Waals surface area contributed by atoms with E-state index in [0.29, 0.717) is 0 Å². The molecule has 0 spiro atoms. The fourth-order valence-electron chi connectivity index (χ4n) is 1.02. The molecule has 0 aromatic heterocycles. The Morgan fingerprint density at radius 2 is 0.625 bits per heavy atom. The molecule has 0 heterocycles. The quantitative estimate of drug-likeness (QED) is 0.350. The molecule has 0 saturated heterocycles. The molecule has 0 amide bonds. The van der Waals surface area contributed by atoms with Crippen molar-refractivity contribution in [3.05, 3.63) is 72.8 Å². The van der Waals surface area contributed by atoms with Crippen LogP contribution in [0.1, 0.15) is 54.4 Å². The monoisotopic (exact) mass is 562 g/mol. The van der Waals surface area contributed by atoms with Gasteiger partial charge in [-0.05, 0) is 0 Å². The molecular weight excluding hydrogens is 528 g/mol. The van der Waals surface area contributed by atoms with E-state index < -0.39 is 5.92 Å². The minimum atomic E-state index is -2.42. The topological polar surface area (TPSA) is 0 Å². The van der Waals surface area contributed by atoms with Crippen molar-refractivity contribution in [3.63, 3.8) is 0 Å². The Balaban J connectivity index is -0.000000111. The molecule has 2 rings (SSSR count). The predicted molar refractivity (Wildman–Crippen MR) is 101 cm³/mol. The van der Waals surface area contributed by atoms with Gasteiger partial charge < -0.3 is 0 Å². The van der Waals surface area contributed by atoms with Gasteiger partial charge in [-0.25, -0.2) is 8.78 Å². The Hall–Kier alpha value is -0.648. The summed E-state index contributed by atoms with van der Waals surface area (Å²) in [6.07, 6.45) is -0.0764. The van der Waals surface area contributed by atoms with Crippen LogP contribution in [0.2, 0.25) is 0 Å². The van der Waals surface area contributed by atoms with Crippen molar-refractivity contribution < 1.29 is 39.9 Å². The van der Waals surface area contributed by atoms with E-state index in [-0.39, 0.29) is 44.0 Å². The summed E-state index contributed by atoms with van der Waals surface area (Å²) in [6, 6.07) is 24.0. The fourth-order valence-corrected chi connectivity index (χ4v) is 1.02. The Morgan fingerprint density at radius 1 is 0.500 bits per heavy atom. The summed E-state index contributed by atoms with van der Waals surface area (Å²) in [4.78, 5) is 0. The van der Waals surface area contributed by atoms with Gasteiger partial charge in [0.25, 0.3) is 0 Å². The minimum Gasteiger partial charge on any atom is -0.207 e. The first-order valence-corrected chi connectivity index (χ1v) is 8.50. The van der Waals surface area contributed by atoms with E-state index in [1.165, 1.54) is 13.8 Å². The van der Waals surface area contributed by atoms with Gasteiger partial charge in [0.05, 0.1) is 0 Å². The minimum absolute atomic E-state index is 0. The van der Waals surface area contributed by atoms with E-state index in [1.54, 1.807) is 0 Å². The summed E-state index contributed by atoms with van der Waals surface area (Å²) >= 11 is 0. The number of halogens is 2. The standard InChI is InChI=1S/2C6H6.C5H10F2.2C2H6.U/c2*1-2-4-6-5-3-1;1-3-5(6,7)4-2;2*1-2;/h2*1-6H;3-4H2,1-2H3;2*1-2H3;. The predicted octanol–water partition coefficient (Wildman–Crippen LogP) is 7.87. The number of hydrogen-bond donors (Lipinski definition) is 0. The normalized spacial score (nSPS) is 8.00. The van der Waals surface area contributed by atoms with E-state index in [9.17, 15) is 8.78 Å². The van der Waals surface area contributed by atoms with Crippen LogP contribution in [0, 0.1) is 31.1 Å². The van der Waals surface area contributed by atoms with Gasteiger partial charge >= 0.3 is 0 Å². The van der Waals surface area contributed by atoms with Gasteiger partial charge in [0.15, 0.2) is 0 Å². The molecule has 136 valence electrons. The molecule has 0 aliphatic rings. The molecule has 24 heavy (non-hydrogen) atoms. The molecule has 0 aliphatic carbocycles. The SMILES string of the molecule is CC.CC.CCC(F)(F)CC.[U].c1ccccc1.c1ccccc1. The number of alkyl halides is 2. The van der Waals surface area contributed by atoms with Gasteiger partial charge in [0.1, 0.15) is 0 Å². The maximum atomic E-state index is 11.9. The smallest absolute Gasteiger partial charge is 0.207 e. The Morgan fingerprint density at radius 3 is 0.667 bits per heavy atom. The molecule has 0 unspecified atom stereocenters. The van der Waals surface area contributed by atoms with Crippen LogP contribution >= 0.6 is 0 Å². The van der Waals surface area contributed by atoms with Crippen LogP contribution in [-0.4, -0.2) is 5.92 Å². The second-order valence-electron chi connectivity index (χ2n) is 3.87. The maximum absolute atomic E-state index is 11.9. The third kappa shape index (κ3) is 29.4. The fraction of sp³-hybridized carbons (Fsp3) is 0.429. The Labute approximate surface area is 172 Å². The van der Waals surface area contributed by atoms with Crippen molar-refractivity contribution in [3.8, 4) is 0 Å². The molecule has 0 saturated carbocycles. The molecule has 0 N–H and O–H groups in total. The molecule has 0 atom stereocenters. The first-order chi connectivity index (χ1) is 11.1. The van der Waals surface area contributed by atoms with Crippen LogP contribution in [0.5, 0.6) is 0 Å². The van der Waals surface area contributed by atoms with Gasteiger partial charge in [-0.3, -0.25) is 0 Å². The van der Waals surface area contributed by atoms with Crippen molar-refractivity contribution in [2.75, 3.05) is 0 Å². The molecule has 2 aromatic rings. The molecule has 2 aromatic carbocycles. The molecule has 3 heteroatoms. The first kappa shape index (κ1) is 31.2. The van der Waals surface area contributed by atoms with Gasteiger partial charge in [-0.2, -0.15) is 0 Å². The summed E-state index contributed by atoms with van der Waals surface area (Å²) in [5.41, 5.74) is 0. The van der Waals surface area contributed by atoms with Gasteiger partial charge in [-0.1, -0.05) is 114 Å². The van der Waals surface area contributed by atoms with Crippen molar-refractivity contribution in [2.24, 2.45) is 0 Å². The van der Waals surface area contributed by atoms with Crippen LogP contribution in [-0.2, 0) is 0 Å². The number of benzene rings is 2. The summed E-state index contributed by atoms with van der Waals surface area (Å²) in [5, 5.41) is 0. The third-order valence-electron chi connectivity index (χ3n) is 2.37. The van der Waals surface area contributed by atoms with E-state index in [0.717, 1.165) is 0 Å². The molecule has 0 fully saturated rings. The van der Waals surface area contributed by atoms with E-state index in [2.05, 4.69) is 0 Å². The van der Waals surface area contributed by atoms with Crippen molar-refractivity contribution >= 4 is 0 Å². The zero-order valence-corrected chi connectivity index (χ0v) is 20.3. The van der Waals surface area contributed by atoms with E-state index in [1.807, 2.05) is 100 Å². The second-order valence-corrected chi connectivity index (χ2v) is 3.87. The molecule has 0 radical (unpaired) electrons. The van der Waals surface area contributed by atoms with Crippen molar-refractivity contribution in [1.82, 2.24) is 0 Å². The third-order valence-corrected chi connectivity index (χ3v) is 2.37. The summed E-state index contributed by atoms with van der Waals surface area (Å²) in [7, 11) is 0. The van der Waals surface area contributed by atoms with Crippen LogP contribution in [0.4, 0.5) is 8.78 Å². The summed E-state index contributed by atoms with van der Waals surface area (Å²) in [6.45, 7) is 11.0. The van der Waals surface area contributed by atoms with Crippen LogP contribution < -0.4 is 0 Å². The maximum Gasteiger partial charge on any atom is 0.247 e. The van der Waals surface area contributed by atoms with Gasteiger partial charge in [-0.15, -0.1) is 0 Å². The Kier molecular flexibility index (Phi) is 35.3. The van der Waals surface area contributed by atoms with Crippen LogP contribution in [0.3, 0.4) is 0 Å². The average Bonchev–Trinajstić information content (AvgIpc) is 2.69. The van der Waals surface area contributed by atoms with Crippen LogP contribution in [0.25, 0.3) is 0 Å². The van der Waals surface area contributed by atoms with Crippen molar-refractivity contribution in [1.29, 1.82) is 0 Å². The van der Waals surface area contributed by atoms with Crippen molar-refractivity contribution in [2.45, 2.75) is 60.3 Å². The van der Waals surface area contributed by atoms with Gasteiger partial charge in [0, 0.05) is 44.0 Å². The van der Waals surface area contributed by atoms with Crippen LogP contribution in [0.15, 0.2) is 72.8 Å². The Bertz CT molecular complexity index is 287. The summed E-state index contributed by atoms with van der Waals surface area (Å²) < 4.78 is 23.8. The largest absolute Gasteiger partial charge is 0.247 e. The second kappa shape index (κ2) is 27.2. The first-order valence-electron chi connectivity index (χ1n) is 8.50. The molecule has 0 nitrogen and oxygen atoms in total. The van der Waals surface area contributed by atoms with E-state index in [4.69, 9.17) is 0 Å². The zero-order chi connectivity index (χ0) is 18.4. The molecule has 0 bridgehead atoms. The summed E-state index contributed by atoms with van der Waals surface area (Å²) in [5.74, 6) is -2.42. The molecule has 0 aliphatic heterocycles. The van der Waals surface area contributed by atoms with Gasteiger partial charge in [0.2, 0.25) is 5.92 Å². The number of rotatable bonds is 2. The zero-order valence-electron chi connectivity index (χ0n) is 16.1. The average molecular weight is 563 g/mol. The van der Waals surface area contributed by atoms with E-state index >= 15 is 0 Å². The molecular formula is C21H34F2U. The number of hydrogen-bond acceptors (Lipinski definition) is 0.